The maximum absolute atomic E-state index is 12.0. The van der Waals surface area contributed by atoms with Crippen molar-refractivity contribution in [3.05, 3.63) is 24.2 Å². The second-order valence-electron chi connectivity index (χ2n) is 9.50. The zero-order chi connectivity index (χ0) is 24.2. The molecule has 1 fully saturated rings. The van der Waals surface area contributed by atoms with E-state index in [1.54, 1.807) is 18.4 Å². The van der Waals surface area contributed by atoms with Gasteiger partial charge in [0.1, 0.15) is 30.6 Å². The summed E-state index contributed by atoms with van der Waals surface area (Å²) < 4.78 is 17.5. The Bertz CT molecular complexity index is 970. The lowest BCUT2D eigenvalue weighted by Gasteiger charge is -2.23. The largest absolute Gasteiger partial charge is 0.461 e. The Morgan fingerprint density at radius 1 is 1.41 bits per heavy atom. The molecule has 10 nitrogen and oxygen atoms in total. The van der Waals surface area contributed by atoms with Gasteiger partial charge in [0.05, 0.1) is 12.1 Å². The van der Waals surface area contributed by atoms with Gasteiger partial charge in [-0.3, -0.25) is 4.79 Å². The number of carbonyl (C=O) groups excluding carboxylic acids is 1. The summed E-state index contributed by atoms with van der Waals surface area (Å²) in [5.74, 6) is -0.903. The Morgan fingerprint density at radius 3 is 2.62 bits per heavy atom. The maximum Gasteiger partial charge on any atom is 0.306 e. The van der Waals surface area contributed by atoms with Crippen molar-refractivity contribution in [2.24, 2.45) is 5.41 Å². The predicted molar refractivity (Wildman–Crippen MR) is 117 cm³/mol. The highest BCUT2D eigenvalue weighted by Crippen LogP contribution is 2.40. The average Bonchev–Trinajstić information content (AvgIpc) is 3.30. The third kappa shape index (κ3) is 6.88. The molecule has 3 rings (SSSR count). The van der Waals surface area contributed by atoms with Crippen LogP contribution in [0.15, 0.2) is 18.5 Å². The lowest BCUT2D eigenvalue weighted by molar-refractivity contribution is -0.155. The van der Waals surface area contributed by atoms with E-state index >= 15 is 0 Å². The number of nitriles is 1. The molecule has 0 saturated carbocycles. The van der Waals surface area contributed by atoms with E-state index in [0.717, 1.165) is 5.69 Å². The van der Waals surface area contributed by atoms with Gasteiger partial charge in [0.2, 0.25) is 0 Å². The fraction of sp³-hybridized carbons (Fsp3) is 0.636. The predicted octanol–water partition coefficient (Wildman–Crippen LogP) is 2.77. The van der Waals surface area contributed by atoms with E-state index in [2.05, 4.69) is 20.9 Å². The number of hydrogen-bond acceptors (Lipinski definition) is 9. The van der Waals surface area contributed by atoms with Gasteiger partial charge in [0.25, 0.3) is 0 Å². The van der Waals surface area contributed by atoms with Crippen LogP contribution in [-0.4, -0.2) is 50.8 Å². The van der Waals surface area contributed by atoms with E-state index in [1.165, 1.54) is 13.4 Å². The molecule has 3 heterocycles. The summed E-state index contributed by atoms with van der Waals surface area (Å²) in [6.07, 6.45) is 2.45. The lowest BCUT2D eigenvalue weighted by Crippen LogP contribution is -2.34. The Kier molecular flexibility index (Phi) is 7.83. The van der Waals surface area contributed by atoms with Crippen molar-refractivity contribution in [2.75, 3.05) is 19.5 Å². The number of rotatable bonds is 5. The summed E-state index contributed by atoms with van der Waals surface area (Å²) >= 11 is 0. The molecule has 0 spiro atoms. The van der Waals surface area contributed by atoms with E-state index in [9.17, 15) is 10.1 Å². The van der Waals surface area contributed by atoms with Crippen LogP contribution in [0, 0.1) is 16.7 Å². The zero-order valence-electron chi connectivity index (χ0n) is 19.6. The smallest absolute Gasteiger partial charge is 0.306 e. The van der Waals surface area contributed by atoms with E-state index in [-0.39, 0.29) is 30.5 Å². The molecular weight excluding hydrogens is 414 g/mol. The maximum atomic E-state index is 12.0. The molecule has 1 saturated heterocycles. The third-order valence-electron chi connectivity index (χ3n) is 4.86. The monoisotopic (exact) mass is 447 g/mol. The van der Waals surface area contributed by atoms with Crippen LogP contribution < -0.4 is 5.73 Å². The Morgan fingerprint density at radius 2 is 2.06 bits per heavy atom. The van der Waals surface area contributed by atoms with Crippen LogP contribution in [0.25, 0.3) is 5.52 Å². The van der Waals surface area contributed by atoms with Crippen molar-refractivity contribution in [2.45, 2.75) is 71.4 Å². The van der Waals surface area contributed by atoms with Gasteiger partial charge in [-0.1, -0.05) is 20.8 Å². The molecule has 1 aliphatic rings. The molecule has 0 aromatic carbocycles. The number of esters is 1. The van der Waals surface area contributed by atoms with Crippen molar-refractivity contribution < 1.29 is 24.1 Å². The molecule has 0 radical (unpaired) electrons. The van der Waals surface area contributed by atoms with Crippen molar-refractivity contribution in [1.29, 1.82) is 5.26 Å². The highest BCUT2D eigenvalue weighted by Gasteiger charge is 2.43. The molecule has 0 amide bonds. The molecule has 176 valence electrons. The first-order valence-corrected chi connectivity index (χ1v) is 10.4. The number of nitrogens with zero attached hydrogens (tertiary/aromatic N) is 4. The third-order valence-corrected chi connectivity index (χ3v) is 4.86. The van der Waals surface area contributed by atoms with Crippen LogP contribution in [0.4, 0.5) is 5.82 Å². The number of ether oxygens (including phenoxy) is 3. The molecule has 10 heteroatoms. The molecule has 0 unspecified atom stereocenters. The van der Waals surface area contributed by atoms with Gasteiger partial charge in [-0.05, 0) is 44.2 Å². The first-order valence-electron chi connectivity index (χ1n) is 10.4. The van der Waals surface area contributed by atoms with Crippen molar-refractivity contribution >= 4 is 17.3 Å². The lowest BCUT2D eigenvalue weighted by atomic mass is 9.92. The van der Waals surface area contributed by atoms with Gasteiger partial charge in [-0.25, -0.2) is 9.50 Å². The molecular formula is C22H33N5O5. The number of nitrogens with two attached hydrogens (primary N) is 1. The number of methoxy groups -OCH3 is 1. The second-order valence-corrected chi connectivity index (χ2v) is 9.50. The molecule has 3 N–H and O–H groups in total. The standard InChI is InChI=1S/C18H23N5O3.C4H10O2/c1-17(2,3)8-15(24)25-10-18(9-19)7-6-14(26-18)12-4-5-13-16(20)21-11-22-23(12)13;1-4(2,5)6-3/h4-5,11,14H,6-8,10H2,1-3H3,(H2,20,21,22);5H,1-3H3/t14-,18-;/m1./s1. The number of hydrogen-bond donors (Lipinski definition) is 2. The number of anilines is 1. The highest BCUT2D eigenvalue weighted by atomic mass is 16.6. The molecule has 2 aromatic heterocycles. The summed E-state index contributed by atoms with van der Waals surface area (Å²) in [6, 6.07) is 5.87. The van der Waals surface area contributed by atoms with E-state index in [0.29, 0.717) is 24.2 Å². The SMILES string of the molecule is CC(C)(C)CC(=O)OC[C@]1(C#N)CC[C@H](c2ccc3c(N)ncnn23)O1.COC(C)(C)O. The molecule has 2 aromatic rings. The van der Waals surface area contributed by atoms with Gasteiger partial charge in [-0.15, -0.1) is 0 Å². The quantitative estimate of drug-likeness (QED) is 0.522. The van der Waals surface area contributed by atoms with Crippen LogP contribution in [-0.2, 0) is 19.0 Å². The minimum absolute atomic E-state index is 0.0741. The van der Waals surface area contributed by atoms with Gasteiger partial charge < -0.3 is 25.1 Å². The fourth-order valence-electron chi connectivity index (χ4n) is 3.08. The molecule has 1 aliphatic heterocycles. The number of aliphatic hydroxyl groups is 1. The van der Waals surface area contributed by atoms with Crippen LogP contribution >= 0.6 is 0 Å². The summed E-state index contributed by atoms with van der Waals surface area (Å²) in [5, 5.41) is 22.4. The molecule has 0 aliphatic carbocycles. The molecule has 32 heavy (non-hydrogen) atoms. The van der Waals surface area contributed by atoms with Crippen LogP contribution in [0.2, 0.25) is 0 Å². The Labute approximate surface area is 188 Å². The first-order chi connectivity index (χ1) is 14.8. The second kappa shape index (κ2) is 9.81. The summed E-state index contributed by atoms with van der Waals surface area (Å²) in [6.45, 7) is 8.96. The normalized spacial score (nSPS) is 21.0. The highest BCUT2D eigenvalue weighted by molar-refractivity contribution is 5.70. The van der Waals surface area contributed by atoms with Crippen LogP contribution in [0.5, 0.6) is 0 Å². The molecule has 0 bridgehead atoms. The number of aromatic nitrogens is 3. The zero-order valence-corrected chi connectivity index (χ0v) is 19.6. The number of carbonyl (C=O) groups is 1. The summed E-state index contributed by atoms with van der Waals surface area (Å²) in [4.78, 5) is 15.9. The Hall–Kier alpha value is -2.74. The van der Waals surface area contributed by atoms with Crippen molar-refractivity contribution in [1.82, 2.24) is 14.6 Å². The van der Waals surface area contributed by atoms with Crippen LogP contribution in [0.3, 0.4) is 0 Å². The minimum Gasteiger partial charge on any atom is -0.461 e. The van der Waals surface area contributed by atoms with Gasteiger partial charge in [0.15, 0.2) is 17.2 Å². The molecule has 2 atom stereocenters. The Balaban J connectivity index is 0.000000534. The van der Waals surface area contributed by atoms with E-state index in [4.69, 9.17) is 20.3 Å². The van der Waals surface area contributed by atoms with Gasteiger partial charge >= 0.3 is 5.97 Å². The summed E-state index contributed by atoms with van der Waals surface area (Å²) in [5.41, 5.74) is 6.04. The average molecular weight is 448 g/mol. The first kappa shape index (κ1) is 25.5. The van der Waals surface area contributed by atoms with Crippen molar-refractivity contribution in [3.8, 4) is 6.07 Å². The van der Waals surface area contributed by atoms with Crippen molar-refractivity contribution in [3.63, 3.8) is 0 Å². The van der Waals surface area contributed by atoms with E-state index < -0.39 is 11.4 Å². The fourth-order valence-corrected chi connectivity index (χ4v) is 3.08. The van der Waals surface area contributed by atoms with E-state index in [1.807, 2.05) is 32.9 Å². The number of fused-ring (bicyclic) bond motifs is 1. The van der Waals surface area contributed by atoms with Gasteiger partial charge in [0, 0.05) is 7.11 Å². The number of nitrogen functional groups attached to an aromatic ring is 1. The van der Waals surface area contributed by atoms with Crippen LogP contribution in [0.1, 0.15) is 65.7 Å². The topological polar surface area (TPSA) is 145 Å². The summed E-state index contributed by atoms with van der Waals surface area (Å²) in [7, 11) is 1.46. The minimum atomic E-state index is -1.14. The van der Waals surface area contributed by atoms with Gasteiger partial charge in [-0.2, -0.15) is 10.4 Å².